The largest absolute Gasteiger partial charge is 0.322 e. The third kappa shape index (κ3) is 5.48. The maximum absolute atomic E-state index is 12.4. The standard InChI is InChI=1S/C8H6F5NS.2C2H6.CH4/c9-15(10,11,12,13)8-5-6-3-1-2-4-7(6)14-8;2*1-2;/h1-4H,5H2;2*1-2H3;1H4. The molecular formula is C13H22F5NS. The summed E-state index contributed by atoms with van der Waals surface area (Å²) in [5.74, 6) is 0. The van der Waals surface area contributed by atoms with E-state index < -0.39 is 21.7 Å². The monoisotopic (exact) mass is 319 g/mol. The Labute approximate surface area is 117 Å². The maximum atomic E-state index is 12.4. The minimum absolute atomic E-state index is 0. The Morgan fingerprint density at radius 1 is 0.900 bits per heavy atom. The second kappa shape index (κ2) is 6.11. The van der Waals surface area contributed by atoms with Crippen molar-refractivity contribution in [2.45, 2.75) is 41.5 Å². The summed E-state index contributed by atoms with van der Waals surface area (Å²) in [6.07, 6.45) is -0.839. The first-order valence-electron chi connectivity index (χ1n) is 5.96. The lowest BCUT2D eigenvalue weighted by atomic mass is 10.2. The van der Waals surface area contributed by atoms with Crippen LogP contribution in [0, 0.1) is 0 Å². The second-order valence-corrected chi connectivity index (χ2v) is 5.69. The molecule has 1 heterocycles. The van der Waals surface area contributed by atoms with Gasteiger partial charge >= 0.3 is 10.2 Å². The summed E-state index contributed by atoms with van der Waals surface area (Å²) in [6.45, 7) is 8.00. The predicted octanol–water partition coefficient (Wildman–Crippen LogP) is 7.26. The van der Waals surface area contributed by atoms with Gasteiger partial charge < -0.3 is 0 Å². The van der Waals surface area contributed by atoms with Crippen molar-refractivity contribution < 1.29 is 19.4 Å². The van der Waals surface area contributed by atoms with E-state index in [1.807, 2.05) is 27.7 Å². The van der Waals surface area contributed by atoms with Crippen LogP contribution >= 0.6 is 10.2 Å². The van der Waals surface area contributed by atoms with Crippen molar-refractivity contribution in [3.05, 3.63) is 29.8 Å². The zero-order chi connectivity index (χ0) is 15.4. The smallest absolute Gasteiger partial charge is 0.237 e. The molecule has 0 aliphatic carbocycles. The van der Waals surface area contributed by atoms with Gasteiger partial charge in [-0.25, -0.2) is 4.99 Å². The molecule has 0 bridgehead atoms. The molecule has 120 valence electrons. The molecule has 1 aliphatic heterocycles. The Hall–Kier alpha value is -1.11. The number of hydrogen-bond donors (Lipinski definition) is 0. The first kappa shape index (κ1) is 21.2. The van der Waals surface area contributed by atoms with E-state index in [0.717, 1.165) is 0 Å². The van der Waals surface area contributed by atoms with Gasteiger partial charge in [-0.3, -0.25) is 0 Å². The topological polar surface area (TPSA) is 12.4 Å². The van der Waals surface area contributed by atoms with E-state index >= 15 is 0 Å². The number of aliphatic imine (C=N–C) groups is 1. The summed E-state index contributed by atoms with van der Waals surface area (Å²) in [6, 6.07) is 5.58. The van der Waals surface area contributed by atoms with Gasteiger partial charge in [0.15, 0.2) is 5.04 Å². The van der Waals surface area contributed by atoms with Gasteiger partial charge in [0, 0.05) is 6.42 Å². The molecule has 0 aromatic heterocycles. The molecule has 1 aromatic carbocycles. The highest BCUT2D eigenvalue weighted by Crippen LogP contribution is 2.99. The molecule has 1 aromatic rings. The van der Waals surface area contributed by atoms with Crippen LogP contribution in [0.5, 0.6) is 0 Å². The number of halogens is 5. The third-order valence-corrected chi connectivity index (χ3v) is 3.15. The van der Waals surface area contributed by atoms with Crippen LogP contribution in [0.2, 0.25) is 0 Å². The Morgan fingerprint density at radius 3 is 1.75 bits per heavy atom. The molecule has 0 unspecified atom stereocenters. The fourth-order valence-electron chi connectivity index (χ4n) is 1.33. The fourth-order valence-corrected chi connectivity index (χ4v) is 2.03. The first-order valence-corrected chi connectivity index (χ1v) is 7.91. The summed E-state index contributed by atoms with van der Waals surface area (Å²) >= 11 is 0. The van der Waals surface area contributed by atoms with Crippen molar-refractivity contribution in [3.8, 4) is 0 Å². The Morgan fingerprint density at radius 2 is 1.35 bits per heavy atom. The summed E-state index contributed by atoms with van der Waals surface area (Å²) in [4.78, 5) is 2.96. The molecule has 0 saturated heterocycles. The van der Waals surface area contributed by atoms with E-state index in [1.54, 1.807) is 0 Å². The van der Waals surface area contributed by atoms with Crippen molar-refractivity contribution in [1.29, 1.82) is 0 Å². The molecule has 0 spiro atoms. The SMILES string of the molecule is C.CC.CC.FS(F)(F)(F)(F)C1=Nc2ccccc2C1. The minimum Gasteiger partial charge on any atom is -0.237 e. The quantitative estimate of drug-likeness (QED) is 0.446. The van der Waals surface area contributed by atoms with Gasteiger partial charge in [0.05, 0.1) is 5.69 Å². The maximum Gasteiger partial charge on any atom is 0.322 e. The van der Waals surface area contributed by atoms with Crippen LogP contribution in [0.4, 0.5) is 25.1 Å². The first-order chi connectivity index (χ1) is 8.56. The second-order valence-electron chi connectivity index (χ2n) is 3.28. The lowest BCUT2D eigenvalue weighted by molar-refractivity contribution is 0.391. The molecule has 2 rings (SSSR count). The number of hydrogen-bond acceptors (Lipinski definition) is 1. The van der Waals surface area contributed by atoms with Gasteiger partial charge in [-0.1, -0.05) is 72.7 Å². The van der Waals surface area contributed by atoms with Crippen molar-refractivity contribution >= 4 is 21.0 Å². The van der Waals surface area contributed by atoms with E-state index in [1.165, 1.54) is 24.3 Å². The van der Waals surface area contributed by atoms with Crippen LogP contribution in [0.25, 0.3) is 0 Å². The highest BCUT2D eigenvalue weighted by Gasteiger charge is 2.69. The average Bonchev–Trinajstić information content (AvgIpc) is 2.77. The lowest BCUT2D eigenvalue weighted by Gasteiger charge is -2.40. The molecule has 0 fully saturated rings. The Balaban J connectivity index is 0. The van der Waals surface area contributed by atoms with Gasteiger partial charge in [0.2, 0.25) is 0 Å². The van der Waals surface area contributed by atoms with E-state index in [0.29, 0.717) is 0 Å². The van der Waals surface area contributed by atoms with Gasteiger partial charge in [-0.15, -0.1) is 0 Å². The molecule has 1 aliphatic rings. The van der Waals surface area contributed by atoms with Crippen LogP contribution < -0.4 is 0 Å². The Bertz CT molecular complexity index is 464. The molecule has 7 heteroatoms. The number of nitrogens with zero attached hydrogens (tertiary/aromatic N) is 1. The van der Waals surface area contributed by atoms with Crippen LogP contribution in [-0.4, -0.2) is 5.04 Å². The number of rotatable bonds is 0. The van der Waals surface area contributed by atoms with E-state index in [2.05, 4.69) is 4.99 Å². The van der Waals surface area contributed by atoms with Crippen LogP contribution in [0.3, 0.4) is 0 Å². The van der Waals surface area contributed by atoms with Crippen molar-refractivity contribution in [2.24, 2.45) is 4.99 Å². The fraction of sp³-hybridized carbons (Fsp3) is 0.462. The minimum atomic E-state index is -9.57. The molecule has 0 radical (unpaired) electrons. The molecular weight excluding hydrogens is 297 g/mol. The number of benzene rings is 1. The third-order valence-electron chi connectivity index (χ3n) is 2.02. The predicted molar refractivity (Wildman–Crippen MR) is 79.8 cm³/mol. The molecule has 0 amide bonds. The van der Waals surface area contributed by atoms with Gasteiger partial charge in [0.1, 0.15) is 0 Å². The zero-order valence-corrected chi connectivity index (χ0v) is 12.1. The van der Waals surface area contributed by atoms with Crippen molar-refractivity contribution in [1.82, 2.24) is 0 Å². The molecule has 0 N–H and O–H groups in total. The number of fused-ring (bicyclic) bond motifs is 1. The summed E-state index contributed by atoms with van der Waals surface area (Å²) in [7, 11) is -9.57. The van der Waals surface area contributed by atoms with Crippen molar-refractivity contribution in [2.75, 3.05) is 0 Å². The van der Waals surface area contributed by atoms with Gasteiger partial charge in [0.25, 0.3) is 0 Å². The summed E-state index contributed by atoms with van der Waals surface area (Å²) < 4.78 is 61.8. The Kier molecular flexibility index (Phi) is 6.48. The van der Waals surface area contributed by atoms with Gasteiger partial charge in [-0.05, 0) is 11.6 Å². The summed E-state index contributed by atoms with van der Waals surface area (Å²) in [5.41, 5.74) is 0.154. The van der Waals surface area contributed by atoms with Gasteiger partial charge in [-0.2, -0.15) is 0 Å². The van der Waals surface area contributed by atoms with Crippen LogP contribution in [0.15, 0.2) is 29.3 Å². The summed E-state index contributed by atoms with van der Waals surface area (Å²) in [5, 5.41) is -1.95. The highest BCUT2D eigenvalue weighted by molar-refractivity contribution is 8.57. The lowest BCUT2D eigenvalue weighted by Crippen LogP contribution is -2.19. The molecule has 0 atom stereocenters. The van der Waals surface area contributed by atoms with Crippen LogP contribution in [-0.2, 0) is 6.42 Å². The molecule has 20 heavy (non-hydrogen) atoms. The zero-order valence-electron chi connectivity index (χ0n) is 11.3. The van der Waals surface area contributed by atoms with Crippen molar-refractivity contribution in [3.63, 3.8) is 0 Å². The van der Waals surface area contributed by atoms with E-state index in [-0.39, 0.29) is 18.7 Å². The van der Waals surface area contributed by atoms with E-state index in [9.17, 15) is 19.4 Å². The number of para-hydroxylation sites is 1. The van der Waals surface area contributed by atoms with Crippen LogP contribution in [0.1, 0.15) is 40.7 Å². The highest BCUT2D eigenvalue weighted by atomic mass is 32.5. The molecule has 0 saturated carbocycles. The normalized spacial score (nSPS) is 15.8. The molecule has 1 nitrogen and oxygen atoms in total. The van der Waals surface area contributed by atoms with E-state index in [4.69, 9.17) is 0 Å². The average molecular weight is 319 g/mol.